The second-order valence-corrected chi connectivity index (χ2v) is 17.1. The number of ketones is 1. The minimum atomic E-state index is -3.06. The Morgan fingerprint density at radius 3 is 2.06 bits per heavy atom. The van der Waals surface area contributed by atoms with E-state index in [0.29, 0.717) is 22.6 Å². The molecule has 0 bridgehead atoms. The number of carbonyl (C=O) groups is 1. The van der Waals surface area contributed by atoms with E-state index in [4.69, 9.17) is 4.43 Å². The molecule has 0 amide bonds. The molecule has 0 saturated heterocycles. The lowest BCUT2D eigenvalue weighted by atomic mass is 9.84. The van der Waals surface area contributed by atoms with E-state index in [9.17, 15) is 9.00 Å². The predicted octanol–water partition coefficient (Wildman–Crippen LogP) is 8.27. The van der Waals surface area contributed by atoms with Crippen LogP contribution < -0.4 is 0 Å². The third-order valence-electron chi connectivity index (χ3n) is 7.17. The molecular weight excluding hydrogens is 470 g/mol. The first-order chi connectivity index (χ1) is 16.6. The Hall–Kier alpha value is -1.50. The van der Waals surface area contributed by atoms with Crippen LogP contribution in [0.25, 0.3) is 0 Å². The normalized spacial score (nSPS) is 16.1. The van der Waals surface area contributed by atoms with Gasteiger partial charge >= 0.3 is 0 Å². The van der Waals surface area contributed by atoms with Crippen LogP contribution in [0.5, 0.6) is 0 Å². The van der Waals surface area contributed by atoms with Crippen LogP contribution >= 0.6 is 0 Å². The van der Waals surface area contributed by atoms with Crippen LogP contribution in [-0.4, -0.2) is 31.5 Å². The van der Waals surface area contributed by atoms with Gasteiger partial charge in [-0.05, 0) is 54.9 Å². The van der Waals surface area contributed by atoms with E-state index < -0.39 is 18.0 Å². The Morgan fingerprint density at radius 1 is 1.06 bits per heavy atom. The van der Waals surface area contributed by atoms with E-state index in [1.807, 2.05) is 42.5 Å². The second kappa shape index (κ2) is 14.9. The lowest BCUT2D eigenvalue weighted by Crippen LogP contribution is -2.45. The molecule has 0 aliphatic heterocycles. The van der Waals surface area contributed by atoms with Crippen molar-refractivity contribution in [1.29, 1.82) is 0 Å². The number of nitrogens with zero attached hydrogens (tertiary/aromatic N) is 1. The highest BCUT2D eigenvalue weighted by molar-refractivity contribution is 7.98. The molecular formula is C29H49NO3SSi. The minimum Gasteiger partial charge on any atom is -0.413 e. The predicted molar refractivity (Wildman–Crippen MR) is 154 cm³/mol. The smallest absolute Gasteiger partial charge is 0.192 e. The molecule has 3 atom stereocenters. The van der Waals surface area contributed by atoms with E-state index in [0.717, 1.165) is 24.6 Å². The molecule has 0 aromatic heterocycles. The van der Waals surface area contributed by atoms with E-state index in [-0.39, 0.29) is 29.6 Å². The van der Waals surface area contributed by atoms with Gasteiger partial charge in [0.1, 0.15) is 9.73 Å². The number of rotatable bonds is 16. The molecule has 35 heavy (non-hydrogen) atoms. The average Bonchev–Trinajstić information content (AvgIpc) is 2.86. The number of allylic oxidation sites excluding steroid dienone is 2. The first kappa shape index (κ1) is 31.5. The zero-order valence-corrected chi connectivity index (χ0v) is 25.2. The molecule has 0 spiro atoms. The average molecular weight is 520 g/mol. The van der Waals surface area contributed by atoms with Gasteiger partial charge in [-0.25, -0.2) is 8.57 Å². The van der Waals surface area contributed by atoms with Crippen molar-refractivity contribution >= 4 is 23.8 Å². The number of unbranched alkanes of at least 4 members (excludes halogenated alkanes) is 1. The molecule has 1 aromatic carbocycles. The Bertz CT molecular complexity index is 934. The Balaban J connectivity index is 3.75. The molecule has 6 heteroatoms. The summed E-state index contributed by atoms with van der Waals surface area (Å²) in [6.45, 7) is 19.2. The quantitative estimate of drug-likeness (QED) is 0.0955. The fourth-order valence-electron chi connectivity index (χ4n) is 4.59. The number of hydrogen-bond acceptors (Lipinski definition) is 4. The van der Waals surface area contributed by atoms with Crippen molar-refractivity contribution in [1.82, 2.24) is 0 Å². The lowest BCUT2D eigenvalue weighted by molar-refractivity contribution is -0.115. The Kier molecular flexibility index (Phi) is 13.4. The number of benzene rings is 1. The van der Waals surface area contributed by atoms with Gasteiger partial charge in [0.2, 0.25) is 0 Å². The van der Waals surface area contributed by atoms with Crippen LogP contribution in [-0.2, 0) is 18.9 Å². The molecule has 198 valence electrons. The summed E-state index contributed by atoms with van der Waals surface area (Å²) in [5.74, 6) is 0.339. The summed E-state index contributed by atoms with van der Waals surface area (Å²) in [5.41, 5.74) is 0. The topological polar surface area (TPSA) is 55.7 Å². The Morgan fingerprint density at radius 2 is 1.63 bits per heavy atom. The largest absolute Gasteiger partial charge is 0.413 e. The molecule has 0 radical (unpaired) electrons. The van der Waals surface area contributed by atoms with Crippen LogP contribution in [0.2, 0.25) is 18.1 Å². The summed E-state index contributed by atoms with van der Waals surface area (Å²) in [6.07, 6.45) is 5.51. The molecule has 0 aliphatic carbocycles. The van der Waals surface area contributed by atoms with Crippen molar-refractivity contribution in [3.63, 3.8) is 0 Å². The van der Waals surface area contributed by atoms with Crippen molar-refractivity contribution in [2.75, 3.05) is 7.05 Å². The van der Waals surface area contributed by atoms with Crippen LogP contribution in [0.4, 0.5) is 0 Å². The first-order valence-corrected chi connectivity index (χ1v) is 17.3. The van der Waals surface area contributed by atoms with Gasteiger partial charge in [0.05, 0.1) is 15.9 Å². The van der Waals surface area contributed by atoms with Gasteiger partial charge in [0.25, 0.3) is 0 Å². The molecule has 4 nitrogen and oxygen atoms in total. The van der Waals surface area contributed by atoms with Gasteiger partial charge in [-0.15, -0.1) is 6.58 Å². The van der Waals surface area contributed by atoms with Gasteiger partial charge < -0.3 is 4.43 Å². The fraction of sp³-hybridized carbons (Fsp3) is 0.621. The zero-order chi connectivity index (χ0) is 26.6. The van der Waals surface area contributed by atoms with Crippen LogP contribution in [0.3, 0.4) is 0 Å². The number of hydrogen-bond donors (Lipinski definition) is 0. The summed E-state index contributed by atoms with van der Waals surface area (Å²) in [6, 6.07) is 12.4. The van der Waals surface area contributed by atoms with Crippen molar-refractivity contribution in [3.8, 4) is 0 Å². The molecule has 1 rings (SSSR count). The molecule has 0 heterocycles. The third-order valence-corrected chi connectivity index (χ3v) is 14.2. The Labute approximate surface area is 217 Å². The van der Waals surface area contributed by atoms with Crippen LogP contribution in [0, 0.1) is 17.8 Å². The van der Waals surface area contributed by atoms with Gasteiger partial charge in [-0.1, -0.05) is 78.8 Å². The summed E-state index contributed by atoms with van der Waals surface area (Å²) >= 11 is 0. The first-order valence-electron chi connectivity index (χ1n) is 13.3. The highest BCUT2D eigenvalue weighted by Crippen LogP contribution is 2.35. The van der Waals surface area contributed by atoms with Crippen molar-refractivity contribution in [3.05, 3.63) is 54.0 Å². The monoisotopic (exact) mass is 519 g/mol. The summed E-state index contributed by atoms with van der Waals surface area (Å²) in [7, 11) is -3.40. The maximum absolute atomic E-state index is 14.4. The number of carbonyl (C=O) groups excluding carboxylic acids is 1. The maximum atomic E-state index is 14.4. The molecule has 0 saturated carbocycles. The summed E-state index contributed by atoms with van der Waals surface area (Å²) in [4.78, 5) is 14.5. The molecule has 0 N–H and O–H groups in total. The van der Waals surface area contributed by atoms with E-state index in [2.05, 4.69) is 59.4 Å². The van der Waals surface area contributed by atoms with E-state index in [1.54, 1.807) is 7.05 Å². The minimum absolute atomic E-state index is 0.0452. The third kappa shape index (κ3) is 8.26. The molecule has 0 unspecified atom stereocenters. The highest BCUT2D eigenvalue weighted by atomic mass is 32.2. The molecule has 0 fully saturated rings. The lowest BCUT2D eigenvalue weighted by Gasteiger charge is -2.40. The summed E-state index contributed by atoms with van der Waals surface area (Å²) < 4.78 is 25.8. The van der Waals surface area contributed by atoms with E-state index >= 15 is 0 Å². The molecule has 0 aliphatic rings. The zero-order valence-electron chi connectivity index (χ0n) is 23.4. The fourth-order valence-corrected chi connectivity index (χ4v) is 9.54. The van der Waals surface area contributed by atoms with Crippen molar-refractivity contribution < 1.29 is 13.4 Å². The van der Waals surface area contributed by atoms with Crippen molar-refractivity contribution in [2.45, 2.75) is 96.9 Å². The second-order valence-electron chi connectivity index (χ2n) is 10.0. The van der Waals surface area contributed by atoms with Crippen LogP contribution in [0.15, 0.2) is 63.2 Å². The maximum Gasteiger partial charge on any atom is 0.192 e. The molecule has 1 aromatic rings. The van der Waals surface area contributed by atoms with Gasteiger partial charge in [-0.2, -0.15) is 0 Å². The van der Waals surface area contributed by atoms with Crippen LogP contribution in [0.1, 0.15) is 67.7 Å². The van der Waals surface area contributed by atoms with Gasteiger partial charge in [0.15, 0.2) is 14.1 Å². The highest BCUT2D eigenvalue weighted by Gasteiger charge is 2.38. The van der Waals surface area contributed by atoms with Crippen molar-refractivity contribution in [2.24, 2.45) is 22.1 Å². The van der Waals surface area contributed by atoms with Gasteiger partial charge in [-0.3, -0.25) is 4.79 Å². The number of Topliss-reactive ketones (excluding diaryl/α,β-unsaturated/α-hetero) is 1. The van der Waals surface area contributed by atoms with Gasteiger partial charge in [0, 0.05) is 19.4 Å². The van der Waals surface area contributed by atoms with E-state index in [1.165, 1.54) is 0 Å². The standard InChI is InChI=1S/C29H49NO3SSi/c1-10-14-16-21-27(31)28(34(32,30-9)25-19-17-15-18-20-25)22-26(23(5)6)29(24(7)8)33-35(11-2,12-3)13-4/h10,15,17-20,22-24,26,29H,1,11-14,16,21H2,2-9H3/b28-22+/t26-,29-,34+/m0/s1. The summed E-state index contributed by atoms with van der Waals surface area (Å²) in [5, 5.41) is 0. The SMILES string of the molecule is C=CCCCC(=O)/C(=C\[C@@H](C(C)C)[C@@H](O[Si](CC)(CC)CC)C(C)C)[S@@](=O)(=NC)c1ccccc1.